The van der Waals surface area contributed by atoms with Crippen LogP contribution in [0.25, 0.3) is 0 Å². The van der Waals surface area contributed by atoms with Crippen LogP contribution in [0, 0.1) is 0 Å². The standard InChI is InChI=1S/C12H25BO2Si/c1-7-12-11(4)16(5,6)14-9-10(3)15-13(12)8-2/h10H,7-9H2,1-6H3/b12-11-. The maximum absolute atomic E-state index is 6.08. The molecular weight excluding hydrogens is 215 g/mol. The molecule has 0 fully saturated rings. The van der Waals surface area contributed by atoms with Crippen molar-refractivity contribution >= 4 is 15.2 Å². The second-order valence-electron chi connectivity index (χ2n) is 5.17. The van der Waals surface area contributed by atoms with Gasteiger partial charge >= 0.3 is 6.92 Å². The monoisotopic (exact) mass is 240 g/mol. The predicted molar refractivity (Wildman–Crippen MR) is 73.2 cm³/mol. The molecule has 0 radical (unpaired) electrons. The van der Waals surface area contributed by atoms with Gasteiger partial charge in [-0.25, -0.2) is 0 Å². The molecule has 0 aromatic heterocycles. The molecule has 0 saturated carbocycles. The number of rotatable bonds is 2. The summed E-state index contributed by atoms with van der Waals surface area (Å²) in [5.41, 5.74) is 1.48. The molecule has 0 spiro atoms. The SMILES string of the molecule is CCB1OC(C)CO[Si](C)(C)/C(C)=C\1CC. The van der Waals surface area contributed by atoms with Crippen molar-refractivity contribution in [2.45, 2.75) is 59.6 Å². The average molecular weight is 240 g/mol. The maximum atomic E-state index is 6.08. The van der Waals surface area contributed by atoms with Crippen LogP contribution in [0.1, 0.15) is 34.1 Å². The largest absolute Gasteiger partial charge is 0.426 e. The third-order valence-corrected chi connectivity index (χ3v) is 6.62. The van der Waals surface area contributed by atoms with Crippen LogP contribution in [0.4, 0.5) is 0 Å². The molecule has 0 amide bonds. The van der Waals surface area contributed by atoms with Gasteiger partial charge in [0.1, 0.15) is 0 Å². The fraction of sp³-hybridized carbons (Fsp3) is 0.833. The smallest absolute Gasteiger partial charge is 0.322 e. The van der Waals surface area contributed by atoms with Crippen LogP contribution in [0.2, 0.25) is 19.4 Å². The molecule has 2 nitrogen and oxygen atoms in total. The Hall–Kier alpha value is -0.0582. The van der Waals surface area contributed by atoms with E-state index in [2.05, 4.69) is 40.8 Å². The first-order chi connectivity index (χ1) is 7.42. The first-order valence-corrected chi connectivity index (χ1v) is 9.32. The third kappa shape index (κ3) is 2.99. The van der Waals surface area contributed by atoms with Gasteiger partial charge in [-0.15, -0.1) is 0 Å². The summed E-state index contributed by atoms with van der Waals surface area (Å²) in [5, 5.41) is 1.48. The molecule has 0 aromatic rings. The summed E-state index contributed by atoms with van der Waals surface area (Å²) < 4.78 is 12.1. The van der Waals surface area contributed by atoms with E-state index >= 15 is 0 Å². The van der Waals surface area contributed by atoms with E-state index in [4.69, 9.17) is 9.08 Å². The Kier molecular flexibility index (Phi) is 4.83. The van der Waals surface area contributed by atoms with Crippen molar-refractivity contribution in [2.75, 3.05) is 6.61 Å². The second-order valence-corrected chi connectivity index (χ2v) is 9.23. The van der Waals surface area contributed by atoms with Crippen LogP contribution in [0.3, 0.4) is 0 Å². The van der Waals surface area contributed by atoms with Crippen molar-refractivity contribution in [2.24, 2.45) is 0 Å². The van der Waals surface area contributed by atoms with E-state index in [0.29, 0.717) is 6.92 Å². The fourth-order valence-electron chi connectivity index (χ4n) is 2.30. The van der Waals surface area contributed by atoms with E-state index in [1.807, 2.05) is 0 Å². The number of hydrogen-bond donors (Lipinski definition) is 0. The molecule has 0 saturated heterocycles. The maximum Gasteiger partial charge on any atom is 0.322 e. The summed E-state index contributed by atoms with van der Waals surface area (Å²) in [6.07, 6.45) is 2.36. The van der Waals surface area contributed by atoms with Gasteiger partial charge in [-0.05, 0) is 39.7 Å². The van der Waals surface area contributed by atoms with Gasteiger partial charge in [0.15, 0.2) is 0 Å². The molecule has 0 bridgehead atoms. The highest BCUT2D eigenvalue weighted by Gasteiger charge is 2.34. The van der Waals surface area contributed by atoms with Gasteiger partial charge < -0.3 is 9.08 Å². The van der Waals surface area contributed by atoms with Crippen molar-refractivity contribution in [1.82, 2.24) is 0 Å². The fourth-order valence-corrected chi connectivity index (χ4v) is 4.28. The van der Waals surface area contributed by atoms with Crippen LogP contribution in [0.5, 0.6) is 0 Å². The minimum absolute atomic E-state index is 0.214. The van der Waals surface area contributed by atoms with E-state index < -0.39 is 8.32 Å². The van der Waals surface area contributed by atoms with E-state index in [9.17, 15) is 0 Å². The molecule has 16 heavy (non-hydrogen) atoms. The molecule has 92 valence electrons. The lowest BCUT2D eigenvalue weighted by atomic mass is 9.56. The average Bonchev–Trinajstić information content (AvgIpc) is 2.24. The third-order valence-electron chi connectivity index (χ3n) is 3.60. The molecule has 0 aliphatic carbocycles. The molecule has 1 aliphatic rings. The number of hydrogen-bond acceptors (Lipinski definition) is 2. The van der Waals surface area contributed by atoms with E-state index in [-0.39, 0.29) is 6.10 Å². The summed E-state index contributed by atoms with van der Waals surface area (Å²) in [5.74, 6) is 0. The Labute approximate surface area is 102 Å². The van der Waals surface area contributed by atoms with E-state index in [1.165, 1.54) is 10.7 Å². The lowest BCUT2D eigenvalue weighted by Gasteiger charge is -2.34. The lowest BCUT2D eigenvalue weighted by molar-refractivity contribution is 0.137. The molecule has 1 unspecified atom stereocenters. The van der Waals surface area contributed by atoms with Crippen LogP contribution >= 0.6 is 0 Å². The molecule has 1 rings (SSSR count). The molecule has 1 aliphatic heterocycles. The predicted octanol–water partition coefficient (Wildman–Crippen LogP) is 3.44. The highest BCUT2D eigenvalue weighted by molar-refractivity contribution is 6.80. The summed E-state index contributed by atoms with van der Waals surface area (Å²) in [7, 11) is -1.66. The Balaban J connectivity index is 3.10. The molecule has 1 heterocycles. The van der Waals surface area contributed by atoms with Gasteiger partial charge in [-0.2, -0.15) is 0 Å². The summed E-state index contributed by atoms with van der Waals surface area (Å²) in [4.78, 5) is 0. The first kappa shape index (κ1) is 14.0. The minimum Gasteiger partial charge on any atom is -0.426 e. The summed E-state index contributed by atoms with van der Waals surface area (Å²) in [6.45, 7) is 14.4. The van der Waals surface area contributed by atoms with Gasteiger partial charge in [0, 0.05) is 0 Å². The molecule has 0 N–H and O–H groups in total. The van der Waals surface area contributed by atoms with Crippen molar-refractivity contribution in [3.8, 4) is 0 Å². The molecular formula is C12H25BO2Si. The van der Waals surface area contributed by atoms with Crippen molar-refractivity contribution in [3.63, 3.8) is 0 Å². The highest BCUT2D eigenvalue weighted by atomic mass is 28.4. The van der Waals surface area contributed by atoms with E-state index in [0.717, 1.165) is 19.3 Å². The van der Waals surface area contributed by atoms with Gasteiger partial charge in [-0.1, -0.05) is 24.5 Å². The zero-order valence-electron chi connectivity index (χ0n) is 11.6. The lowest BCUT2D eigenvalue weighted by Crippen LogP contribution is -2.43. The number of allylic oxidation sites excluding steroid dienone is 2. The van der Waals surface area contributed by atoms with Crippen LogP contribution in [0.15, 0.2) is 10.7 Å². The van der Waals surface area contributed by atoms with Crippen LogP contribution in [-0.4, -0.2) is 27.9 Å². The van der Waals surface area contributed by atoms with Crippen molar-refractivity contribution in [3.05, 3.63) is 10.7 Å². The van der Waals surface area contributed by atoms with Crippen LogP contribution in [-0.2, 0) is 9.08 Å². The van der Waals surface area contributed by atoms with Crippen LogP contribution < -0.4 is 0 Å². The van der Waals surface area contributed by atoms with E-state index in [1.54, 1.807) is 0 Å². The van der Waals surface area contributed by atoms with Gasteiger partial charge in [0.2, 0.25) is 8.32 Å². The van der Waals surface area contributed by atoms with Gasteiger partial charge in [0.05, 0.1) is 12.7 Å². The Morgan fingerprint density at radius 3 is 2.50 bits per heavy atom. The Bertz CT molecular complexity index is 276. The quantitative estimate of drug-likeness (QED) is 0.688. The molecule has 0 aromatic carbocycles. The zero-order valence-corrected chi connectivity index (χ0v) is 12.6. The second kappa shape index (κ2) is 5.52. The van der Waals surface area contributed by atoms with Gasteiger partial charge in [-0.3, -0.25) is 0 Å². The highest BCUT2D eigenvalue weighted by Crippen LogP contribution is 2.27. The van der Waals surface area contributed by atoms with Crippen molar-refractivity contribution < 1.29 is 9.08 Å². The van der Waals surface area contributed by atoms with Crippen molar-refractivity contribution in [1.29, 1.82) is 0 Å². The normalized spacial score (nSPS) is 31.1. The Morgan fingerprint density at radius 2 is 2.00 bits per heavy atom. The topological polar surface area (TPSA) is 18.5 Å². The van der Waals surface area contributed by atoms with Gasteiger partial charge in [0.25, 0.3) is 0 Å². The Morgan fingerprint density at radius 1 is 1.38 bits per heavy atom. The molecule has 1 atom stereocenters. The zero-order chi connectivity index (χ0) is 12.3. The minimum atomic E-state index is -1.66. The summed E-state index contributed by atoms with van der Waals surface area (Å²) in [6, 6.07) is 0. The summed E-state index contributed by atoms with van der Waals surface area (Å²) >= 11 is 0. The first-order valence-electron chi connectivity index (χ1n) is 6.41. The molecule has 4 heteroatoms.